The van der Waals surface area contributed by atoms with Crippen molar-refractivity contribution in [3.8, 4) is 5.75 Å². The van der Waals surface area contributed by atoms with Crippen LogP contribution in [-0.4, -0.2) is 6.61 Å². The lowest BCUT2D eigenvalue weighted by atomic mass is 9.65. The van der Waals surface area contributed by atoms with Crippen LogP contribution in [0.1, 0.15) is 135 Å². The Bertz CT molecular complexity index is 918. The quantitative estimate of drug-likeness (QED) is 0.179. The monoisotopic (exact) mass is 540 g/mol. The van der Waals surface area contributed by atoms with Crippen LogP contribution in [-0.2, 0) is 0 Å². The Morgan fingerprint density at radius 1 is 0.795 bits per heavy atom. The van der Waals surface area contributed by atoms with Gasteiger partial charge in [-0.3, -0.25) is 0 Å². The smallest absolute Gasteiger partial charge is 0.201 e. The fourth-order valence-electron chi connectivity index (χ4n) is 7.85. The van der Waals surface area contributed by atoms with Gasteiger partial charge in [0, 0.05) is 5.56 Å². The second kappa shape index (κ2) is 16.0. The number of unbranched alkanes of at least 4 members (excludes halogenated alkanes) is 4. The third-order valence-corrected chi connectivity index (χ3v) is 10.4. The van der Waals surface area contributed by atoms with Crippen LogP contribution in [0.25, 0.3) is 5.57 Å². The fourth-order valence-corrected chi connectivity index (χ4v) is 7.85. The lowest BCUT2D eigenvalue weighted by molar-refractivity contribution is 0.120. The minimum atomic E-state index is -0.830. The molecular formula is C36H54F2O. The molecule has 39 heavy (non-hydrogen) atoms. The van der Waals surface area contributed by atoms with Crippen molar-refractivity contribution in [2.45, 2.75) is 129 Å². The zero-order valence-corrected chi connectivity index (χ0v) is 24.9. The molecule has 0 spiro atoms. The minimum Gasteiger partial charge on any atom is -0.490 e. The third-order valence-electron chi connectivity index (χ3n) is 10.4. The van der Waals surface area contributed by atoms with Crippen LogP contribution in [0.4, 0.5) is 8.78 Å². The van der Waals surface area contributed by atoms with Gasteiger partial charge in [-0.1, -0.05) is 63.7 Å². The van der Waals surface area contributed by atoms with E-state index in [0.717, 1.165) is 67.8 Å². The number of benzene rings is 1. The van der Waals surface area contributed by atoms with E-state index < -0.39 is 11.6 Å². The van der Waals surface area contributed by atoms with Crippen LogP contribution in [0, 0.1) is 41.2 Å². The molecule has 1 aromatic carbocycles. The predicted molar refractivity (Wildman–Crippen MR) is 161 cm³/mol. The Morgan fingerprint density at radius 3 is 2.13 bits per heavy atom. The summed E-state index contributed by atoms with van der Waals surface area (Å²) in [5.41, 5.74) is 1.41. The summed E-state index contributed by atoms with van der Waals surface area (Å²) in [5, 5.41) is 0. The van der Waals surface area contributed by atoms with Crippen LogP contribution < -0.4 is 4.74 Å². The van der Waals surface area contributed by atoms with Crippen molar-refractivity contribution in [3.05, 3.63) is 47.6 Å². The molecule has 1 nitrogen and oxygen atoms in total. The zero-order valence-electron chi connectivity index (χ0n) is 24.9. The first-order chi connectivity index (χ1) is 19.1. The molecule has 1 atom stereocenters. The van der Waals surface area contributed by atoms with Crippen molar-refractivity contribution in [3.63, 3.8) is 0 Å². The summed E-state index contributed by atoms with van der Waals surface area (Å²) in [5.74, 6) is 2.91. The molecule has 0 aromatic heterocycles. The van der Waals surface area contributed by atoms with Crippen molar-refractivity contribution in [1.29, 1.82) is 0 Å². The molecule has 0 N–H and O–H groups in total. The topological polar surface area (TPSA) is 9.23 Å². The normalized spacial score (nSPS) is 28.0. The molecule has 3 aliphatic rings. The Morgan fingerprint density at radius 2 is 1.49 bits per heavy atom. The van der Waals surface area contributed by atoms with Gasteiger partial charge in [0.15, 0.2) is 11.6 Å². The number of allylic oxidation sites excluding steroid dienone is 4. The molecule has 0 heterocycles. The zero-order chi connectivity index (χ0) is 27.5. The van der Waals surface area contributed by atoms with Gasteiger partial charge in [0.2, 0.25) is 5.82 Å². The van der Waals surface area contributed by atoms with Gasteiger partial charge in [-0.15, -0.1) is 0 Å². The molecule has 0 saturated heterocycles. The number of halogens is 2. The van der Waals surface area contributed by atoms with Crippen molar-refractivity contribution in [1.82, 2.24) is 0 Å². The van der Waals surface area contributed by atoms with Gasteiger partial charge < -0.3 is 4.74 Å². The van der Waals surface area contributed by atoms with Gasteiger partial charge in [-0.25, -0.2) is 4.39 Å². The second-order valence-corrected chi connectivity index (χ2v) is 12.9. The van der Waals surface area contributed by atoms with Crippen molar-refractivity contribution in [2.24, 2.45) is 29.6 Å². The molecule has 218 valence electrons. The maximum Gasteiger partial charge on any atom is 0.201 e. The van der Waals surface area contributed by atoms with Gasteiger partial charge >= 0.3 is 0 Å². The van der Waals surface area contributed by atoms with Gasteiger partial charge in [-0.05, 0) is 131 Å². The molecule has 1 unspecified atom stereocenters. The molecule has 3 heteroatoms. The van der Waals surface area contributed by atoms with E-state index in [2.05, 4.69) is 32.1 Å². The Labute approximate surface area is 237 Å². The van der Waals surface area contributed by atoms with Crippen molar-refractivity contribution >= 4 is 5.57 Å². The van der Waals surface area contributed by atoms with E-state index in [1.165, 1.54) is 77.0 Å². The molecule has 0 amide bonds. The maximum absolute atomic E-state index is 14.9. The second-order valence-electron chi connectivity index (χ2n) is 12.9. The first-order valence-electron chi connectivity index (χ1n) is 16.5. The Balaban J connectivity index is 1.19. The predicted octanol–water partition coefficient (Wildman–Crippen LogP) is 11.5. The summed E-state index contributed by atoms with van der Waals surface area (Å²) in [7, 11) is 0. The van der Waals surface area contributed by atoms with E-state index in [-0.39, 0.29) is 5.75 Å². The van der Waals surface area contributed by atoms with Crippen molar-refractivity contribution < 1.29 is 13.5 Å². The van der Waals surface area contributed by atoms with E-state index in [1.807, 2.05) is 0 Å². The average Bonchev–Trinajstić information content (AvgIpc) is 2.98. The Kier molecular flexibility index (Phi) is 12.4. The highest BCUT2D eigenvalue weighted by Crippen LogP contribution is 2.46. The van der Waals surface area contributed by atoms with E-state index in [9.17, 15) is 8.78 Å². The fraction of sp³-hybridized carbons (Fsp3) is 0.722. The first kappa shape index (κ1) is 30.3. The summed E-state index contributed by atoms with van der Waals surface area (Å²) in [6.45, 7) is 4.67. The third kappa shape index (κ3) is 8.67. The van der Waals surface area contributed by atoms with Gasteiger partial charge in [0.25, 0.3) is 0 Å². The molecule has 1 aromatic rings. The van der Waals surface area contributed by atoms with E-state index in [4.69, 9.17) is 4.74 Å². The highest BCUT2D eigenvalue weighted by molar-refractivity contribution is 5.67. The van der Waals surface area contributed by atoms with Gasteiger partial charge in [-0.2, -0.15) is 4.39 Å². The molecule has 0 aliphatic heterocycles. The van der Waals surface area contributed by atoms with E-state index in [1.54, 1.807) is 12.1 Å². The summed E-state index contributed by atoms with van der Waals surface area (Å²) < 4.78 is 35.1. The SMILES string of the molecule is C/C=C/CCCCC1CCC(C2CCC(C3CC=C(c4ccc(OCCCCC)c(F)c4F)CC3)CC2)CC1. The summed E-state index contributed by atoms with van der Waals surface area (Å²) >= 11 is 0. The number of hydrogen-bond acceptors (Lipinski definition) is 1. The summed E-state index contributed by atoms with van der Waals surface area (Å²) in [6.07, 6.45) is 29.6. The van der Waals surface area contributed by atoms with Gasteiger partial charge in [0.05, 0.1) is 6.61 Å². The number of rotatable bonds is 13. The highest BCUT2D eigenvalue weighted by Gasteiger charge is 2.34. The summed E-state index contributed by atoms with van der Waals surface area (Å²) in [4.78, 5) is 0. The van der Waals surface area contributed by atoms with Crippen LogP contribution in [0.3, 0.4) is 0 Å². The largest absolute Gasteiger partial charge is 0.490 e. The van der Waals surface area contributed by atoms with E-state index in [0.29, 0.717) is 18.1 Å². The molecule has 0 bridgehead atoms. The maximum atomic E-state index is 14.9. The number of ether oxygens (including phenoxy) is 1. The molecule has 2 fully saturated rings. The molecule has 4 rings (SSSR count). The lowest BCUT2D eigenvalue weighted by Crippen LogP contribution is -2.28. The van der Waals surface area contributed by atoms with Crippen LogP contribution in [0.5, 0.6) is 5.75 Å². The molecular weight excluding hydrogens is 486 g/mol. The lowest BCUT2D eigenvalue weighted by Gasteiger charge is -2.40. The van der Waals surface area contributed by atoms with Crippen LogP contribution >= 0.6 is 0 Å². The summed E-state index contributed by atoms with van der Waals surface area (Å²) in [6, 6.07) is 3.34. The molecule has 3 aliphatic carbocycles. The van der Waals surface area contributed by atoms with Crippen molar-refractivity contribution in [2.75, 3.05) is 6.61 Å². The number of hydrogen-bond donors (Lipinski definition) is 0. The van der Waals surface area contributed by atoms with Crippen LogP contribution in [0.2, 0.25) is 0 Å². The highest BCUT2D eigenvalue weighted by atomic mass is 19.2. The van der Waals surface area contributed by atoms with Gasteiger partial charge in [0.1, 0.15) is 0 Å². The minimum absolute atomic E-state index is 0.0481. The Hall–Kier alpha value is -1.64. The van der Waals surface area contributed by atoms with Crippen LogP contribution in [0.15, 0.2) is 30.4 Å². The standard InChI is InChI=1S/C36H54F2O/c1-3-5-7-8-9-11-27-12-14-28(15-13-27)29-16-18-30(19-17-29)31-20-22-32(23-21-31)33-24-25-34(36(38)35(33)37)39-26-10-6-4-2/h3,5,22,24-25,27-31H,4,6-21,23,26H2,1-2H3/b5-3+. The first-order valence-corrected chi connectivity index (χ1v) is 16.5. The van der Waals surface area contributed by atoms with E-state index >= 15 is 0 Å². The molecule has 0 radical (unpaired) electrons. The average molecular weight is 541 g/mol. The molecule has 2 saturated carbocycles.